The summed E-state index contributed by atoms with van der Waals surface area (Å²) in [4.78, 5) is 26.6. The Kier molecular flexibility index (Phi) is 6.96. The molecule has 2 aromatic rings. The maximum Gasteiger partial charge on any atom is 0.241 e. The van der Waals surface area contributed by atoms with Crippen molar-refractivity contribution in [2.24, 2.45) is 0 Å². The van der Waals surface area contributed by atoms with E-state index in [1.165, 1.54) is 0 Å². The highest BCUT2D eigenvalue weighted by Crippen LogP contribution is 2.23. The molecule has 0 fully saturated rings. The molecule has 0 bridgehead atoms. The molecule has 0 saturated carbocycles. The molecule has 6 heteroatoms. The van der Waals surface area contributed by atoms with Crippen molar-refractivity contribution < 1.29 is 14.3 Å². The number of amides is 2. The number of ether oxygens (including phenoxy) is 1. The second-order valence-corrected chi connectivity index (χ2v) is 6.58. The molecule has 2 aromatic carbocycles. The van der Waals surface area contributed by atoms with Crippen molar-refractivity contribution in [1.29, 1.82) is 0 Å². The molecule has 0 saturated heterocycles. The number of carbonyl (C=O) groups excluding carboxylic acids is 2. The summed E-state index contributed by atoms with van der Waals surface area (Å²) in [5, 5.41) is 5.76. The van der Waals surface area contributed by atoms with E-state index in [0.717, 1.165) is 16.8 Å². The van der Waals surface area contributed by atoms with Gasteiger partial charge in [0, 0.05) is 5.69 Å². The van der Waals surface area contributed by atoms with Crippen LogP contribution >= 0.6 is 0 Å². The Labute approximate surface area is 160 Å². The van der Waals surface area contributed by atoms with Crippen molar-refractivity contribution in [2.45, 2.75) is 26.8 Å². The standard InChI is InChI=1S/C21H27N3O3/c1-14-9-8-11-17(15(14)2)22-20(25)13-24(4)16(3)21(26)23-18-10-6-7-12-19(18)27-5/h6-12,16H,13H2,1-5H3,(H,22,25)(H,23,26). The molecule has 0 aliphatic rings. The summed E-state index contributed by atoms with van der Waals surface area (Å²) in [5.74, 6) is 0.220. The SMILES string of the molecule is COc1ccccc1NC(=O)C(C)N(C)CC(=O)Nc1cccc(C)c1C. The van der Waals surface area contributed by atoms with Crippen molar-refractivity contribution in [2.75, 3.05) is 31.3 Å². The van der Waals surface area contributed by atoms with Gasteiger partial charge < -0.3 is 15.4 Å². The predicted molar refractivity (Wildman–Crippen MR) is 108 cm³/mol. The van der Waals surface area contributed by atoms with Crippen LogP contribution in [0, 0.1) is 13.8 Å². The first kappa shape index (κ1) is 20.5. The van der Waals surface area contributed by atoms with Gasteiger partial charge in [-0.1, -0.05) is 24.3 Å². The summed E-state index contributed by atoms with van der Waals surface area (Å²) in [6, 6.07) is 12.5. The van der Waals surface area contributed by atoms with Crippen LogP contribution in [0.15, 0.2) is 42.5 Å². The van der Waals surface area contributed by atoms with Gasteiger partial charge in [0.25, 0.3) is 0 Å². The lowest BCUT2D eigenvalue weighted by Crippen LogP contribution is -2.43. The fourth-order valence-corrected chi connectivity index (χ4v) is 2.62. The molecule has 0 aliphatic carbocycles. The average Bonchev–Trinajstić information content (AvgIpc) is 2.65. The second-order valence-electron chi connectivity index (χ2n) is 6.58. The first-order valence-corrected chi connectivity index (χ1v) is 8.83. The van der Waals surface area contributed by atoms with Crippen LogP contribution in [0.3, 0.4) is 0 Å². The zero-order valence-corrected chi connectivity index (χ0v) is 16.5. The van der Waals surface area contributed by atoms with E-state index in [-0.39, 0.29) is 18.4 Å². The van der Waals surface area contributed by atoms with Gasteiger partial charge in [0.15, 0.2) is 0 Å². The maximum absolute atomic E-state index is 12.5. The van der Waals surface area contributed by atoms with Gasteiger partial charge >= 0.3 is 0 Å². The third-order valence-corrected chi connectivity index (χ3v) is 4.68. The smallest absolute Gasteiger partial charge is 0.241 e. The largest absolute Gasteiger partial charge is 0.495 e. The van der Waals surface area contributed by atoms with Crippen molar-refractivity contribution in [3.05, 3.63) is 53.6 Å². The Balaban J connectivity index is 1.95. The summed E-state index contributed by atoms with van der Waals surface area (Å²) in [7, 11) is 3.30. The average molecular weight is 369 g/mol. The monoisotopic (exact) mass is 369 g/mol. The van der Waals surface area contributed by atoms with Gasteiger partial charge in [-0.3, -0.25) is 14.5 Å². The topological polar surface area (TPSA) is 70.7 Å². The zero-order valence-electron chi connectivity index (χ0n) is 16.5. The number of nitrogens with zero attached hydrogens (tertiary/aromatic N) is 1. The number of carbonyl (C=O) groups is 2. The van der Waals surface area contributed by atoms with Gasteiger partial charge in [-0.25, -0.2) is 0 Å². The number of para-hydroxylation sites is 2. The summed E-state index contributed by atoms with van der Waals surface area (Å²) >= 11 is 0. The van der Waals surface area contributed by atoms with Crippen LogP contribution in [-0.2, 0) is 9.59 Å². The van der Waals surface area contributed by atoms with Crippen LogP contribution in [0.4, 0.5) is 11.4 Å². The van der Waals surface area contributed by atoms with Crippen molar-refractivity contribution in [3.63, 3.8) is 0 Å². The molecule has 6 nitrogen and oxygen atoms in total. The fourth-order valence-electron chi connectivity index (χ4n) is 2.62. The summed E-state index contributed by atoms with van der Waals surface area (Å²) in [6.07, 6.45) is 0. The van der Waals surface area contributed by atoms with Crippen molar-refractivity contribution in [3.8, 4) is 5.75 Å². The lowest BCUT2D eigenvalue weighted by atomic mass is 10.1. The van der Waals surface area contributed by atoms with Gasteiger partial charge in [0.1, 0.15) is 5.75 Å². The van der Waals surface area contributed by atoms with E-state index in [2.05, 4.69) is 10.6 Å². The lowest BCUT2D eigenvalue weighted by Gasteiger charge is -2.24. The highest BCUT2D eigenvalue weighted by Gasteiger charge is 2.21. The lowest BCUT2D eigenvalue weighted by molar-refractivity contribution is -0.122. The van der Waals surface area contributed by atoms with E-state index in [1.54, 1.807) is 38.1 Å². The molecule has 0 spiro atoms. The van der Waals surface area contributed by atoms with Gasteiger partial charge in [-0.05, 0) is 57.1 Å². The highest BCUT2D eigenvalue weighted by atomic mass is 16.5. The molecule has 0 aliphatic heterocycles. The van der Waals surface area contributed by atoms with Crippen LogP contribution in [0.2, 0.25) is 0 Å². The summed E-state index contributed by atoms with van der Waals surface area (Å²) in [6.45, 7) is 5.84. The summed E-state index contributed by atoms with van der Waals surface area (Å²) < 4.78 is 5.25. The number of hydrogen-bond acceptors (Lipinski definition) is 4. The van der Waals surface area contributed by atoms with E-state index < -0.39 is 6.04 Å². The van der Waals surface area contributed by atoms with E-state index >= 15 is 0 Å². The number of anilines is 2. The summed E-state index contributed by atoms with van der Waals surface area (Å²) in [5.41, 5.74) is 3.55. The van der Waals surface area contributed by atoms with E-state index in [9.17, 15) is 9.59 Å². The minimum Gasteiger partial charge on any atom is -0.495 e. The molecule has 2 rings (SSSR count). The first-order chi connectivity index (χ1) is 12.8. The fraction of sp³-hybridized carbons (Fsp3) is 0.333. The van der Waals surface area contributed by atoms with E-state index in [4.69, 9.17) is 4.74 Å². The molecular formula is C21H27N3O3. The third-order valence-electron chi connectivity index (χ3n) is 4.68. The number of hydrogen-bond donors (Lipinski definition) is 2. The second kappa shape index (κ2) is 9.19. The van der Waals surface area contributed by atoms with E-state index in [1.807, 2.05) is 44.2 Å². The molecule has 0 radical (unpaired) electrons. The molecule has 27 heavy (non-hydrogen) atoms. The Bertz CT molecular complexity index is 820. The Morgan fingerprint density at radius 1 is 1.04 bits per heavy atom. The Morgan fingerprint density at radius 2 is 1.70 bits per heavy atom. The molecule has 1 unspecified atom stereocenters. The zero-order chi connectivity index (χ0) is 20.0. The Morgan fingerprint density at radius 3 is 2.41 bits per heavy atom. The number of nitrogens with one attached hydrogen (secondary N) is 2. The van der Waals surface area contributed by atoms with Crippen LogP contribution < -0.4 is 15.4 Å². The number of benzene rings is 2. The van der Waals surface area contributed by atoms with Crippen LogP contribution in [0.1, 0.15) is 18.1 Å². The normalized spacial score (nSPS) is 11.8. The first-order valence-electron chi connectivity index (χ1n) is 8.83. The molecule has 2 N–H and O–H groups in total. The van der Waals surface area contributed by atoms with Crippen molar-refractivity contribution >= 4 is 23.2 Å². The highest BCUT2D eigenvalue weighted by molar-refractivity contribution is 5.97. The van der Waals surface area contributed by atoms with Crippen LogP contribution in [-0.4, -0.2) is 43.5 Å². The van der Waals surface area contributed by atoms with Gasteiger partial charge in [-0.2, -0.15) is 0 Å². The minimum absolute atomic E-state index is 0.105. The quantitative estimate of drug-likeness (QED) is 0.786. The van der Waals surface area contributed by atoms with Gasteiger partial charge in [0.2, 0.25) is 11.8 Å². The van der Waals surface area contributed by atoms with Gasteiger partial charge in [0.05, 0.1) is 25.4 Å². The Hall–Kier alpha value is -2.86. The maximum atomic E-state index is 12.5. The minimum atomic E-state index is -0.487. The number of aryl methyl sites for hydroxylation is 1. The molecule has 0 heterocycles. The molecule has 2 amide bonds. The number of methoxy groups -OCH3 is 1. The number of likely N-dealkylation sites (N-methyl/N-ethyl adjacent to an activating group) is 1. The van der Waals surface area contributed by atoms with Gasteiger partial charge in [-0.15, -0.1) is 0 Å². The van der Waals surface area contributed by atoms with Crippen LogP contribution in [0.5, 0.6) is 5.75 Å². The molecule has 0 aromatic heterocycles. The van der Waals surface area contributed by atoms with Crippen molar-refractivity contribution in [1.82, 2.24) is 4.90 Å². The predicted octanol–water partition coefficient (Wildman–Crippen LogP) is 3.21. The molecule has 144 valence electrons. The number of rotatable bonds is 7. The third kappa shape index (κ3) is 5.31. The van der Waals surface area contributed by atoms with Crippen LogP contribution in [0.25, 0.3) is 0 Å². The van der Waals surface area contributed by atoms with E-state index in [0.29, 0.717) is 11.4 Å². The molecular weight excluding hydrogens is 342 g/mol. The molecule has 1 atom stereocenters.